The Hall–Kier alpha value is -5.54. The summed E-state index contributed by atoms with van der Waals surface area (Å²) in [6.07, 6.45) is 62.4. The van der Waals surface area contributed by atoms with Crippen LogP contribution in [0, 0.1) is 11.8 Å². The number of hydrogen-bond donors (Lipinski definition) is 2. The van der Waals surface area contributed by atoms with E-state index < -0.39 is 0 Å². The van der Waals surface area contributed by atoms with Crippen LogP contribution < -0.4 is 10.6 Å². The van der Waals surface area contributed by atoms with Crippen molar-refractivity contribution in [3.8, 4) is 0 Å². The fourth-order valence-corrected chi connectivity index (χ4v) is 11.3. The average molecular weight is 873 g/mol. The third-order valence-electron chi connectivity index (χ3n) is 15.0. The first-order valence-electron chi connectivity index (χ1n) is 25.7. The van der Waals surface area contributed by atoms with Gasteiger partial charge in [0, 0.05) is 41.4 Å². The van der Waals surface area contributed by atoms with Crippen LogP contribution in [-0.2, 0) is 12.8 Å². The molecule has 2 N–H and O–H groups in total. The molecule has 1 aromatic carbocycles. The Labute approximate surface area is 396 Å². The van der Waals surface area contributed by atoms with Crippen molar-refractivity contribution in [3.63, 3.8) is 0 Å². The number of anilines is 1. The minimum Gasteiger partial charge on any atom is -0.380 e. The first-order chi connectivity index (χ1) is 32.6. The molecule has 4 aliphatic carbocycles. The van der Waals surface area contributed by atoms with Crippen molar-refractivity contribution >= 4 is 22.8 Å². The minimum absolute atomic E-state index is 0.169. The minimum atomic E-state index is 0.169. The summed E-state index contributed by atoms with van der Waals surface area (Å²) >= 11 is 0. The van der Waals surface area contributed by atoms with E-state index in [0.29, 0.717) is 12.0 Å². The number of fused-ring (bicyclic) bond motifs is 3. The van der Waals surface area contributed by atoms with Crippen molar-refractivity contribution in [2.75, 3.05) is 11.9 Å². The lowest BCUT2D eigenvalue weighted by Gasteiger charge is -2.36. The molecule has 4 nitrogen and oxygen atoms in total. The summed E-state index contributed by atoms with van der Waals surface area (Å²) in [5.41, 5.74) is 22.1. The normalized spacial score (nSPS) is 27.7. The number of benzene rings is 1. The molecule has 0 aromatic heterocycles. The van der Waals surface area contributed by atoms with Gasteiger partial charge in [-0.05, 0) is 159 Å². The Balaban J connectivity index is 0.936. The van der Waals surface area contributed by atoms with E-state index in [4.69, 9.17) is 9.98 Å². The quantitative estimate of drug-likeness (QED) is 0.153. The van der Waals surface area contributed by atoms with Crippen LogP contribution in [0.4, 0.5) is 11.4 Å². The summed E-state index contributed by atoms with van der Waals surface area (Å²) in [5.74, 6) is 0.607. The van der Waals surface area contributed by atoms with E-state index in [-0.39, 0.29) is 18.0 Å². The van der Waals surface area contributed by atoms with Crippen LogP contribution in [0.15, 0.2) is 194 Å². The second-order valence-electron chi connectivity index (χ2n) is 19.4. The van der Waals surface area contributed by atoms with E-state index in [1.807, 2.05) is 18.2 Å². The molecule has 8 aliphatic rings. The number of rotatable bonds is 13. The molecule has 66 heavy (non-hydrogen) atoms. The van der Waals surface area contributed by atoms with E-state index in [1.165, 1.54) is 111 Å². The third-order valence-corrected chi connectivity index (χ3v) is 15.0. The number of nitrogens with zero attached hydrogens (tertiary/aromatic N) is 2. The van der Waals surface area contributed by atoms with Gasteiger partial charge in [-0.1, -0.05) is 148 Å². The molecule has 9 rings (SSSR count). The fraction of sp³-hybridized carbons (Fsp3) is 0.403. The molecule has 4 heteroatoms. The molecule has 0 spiro atoms. The zero-order valence-corrected chi connectivity index (χ0v) is 39.8. The van der Waals surface area contributed by atoms with Gasteiger partial charge < -0.3 is 10.6 Å². The number of allylic oxidation sites excluding steroid dienone is 21. The van der Waals surface area contributed by atoms with Gasteiger partial charge in [0.2, 0.25) is 0 Å². The molecule has 340 valence electrons. The highest BCUT2D eigenvalue weighted by Crippen LogP contribution is 2.44. The monoisotopic (exact) mass is 873 g/mol. The predicted molar refractivity (Wildman–Crippen MR) is 283 cm³/mol. The molecule has 0 fully saturated rings. The van der Waals surface area contributed by atoms with Gasteiger partial charge in [-0.25, -0.2) is 0 Å². The second kappa shape index (κ2) is 22.3. The molecule has 4 unspecified atom stereocenters. The molecule has 0 saturated heterocycles. The predicted octanol–water partition coefficient (Wildman–Crippen LogP) is 15.2. The van der Waals surface area contributed by atoms with E-state index in [9.17, 15) is 0 Å². The van der Waals surface area contributed by atoms with Crippen molar-refractivity contribution in [2.45, 2.75) is 141 Å². The van der Waals surface area contributed by atoms with E-state index in [2.05, 4.69) is 146 Å². The molecule has 0 saturated carbocycles. The third kappa shape index (κ3) is 10.8. The van der Waals surface area contributed by atoms with Gasteiger partial charge in [-0.2, -0.15) is 0 Å². The van der Waals surface area contributed by atoms with Crippen LogP contribution in [0.25, 0.3) is 0 Å². The highest BCUT2D eigenvalue weighted by molar-refractivity contribution is 6.05. The largest absolute Gasteiger partial charge is 0.380 e. The van der Waals surface area contributed by atoms with Gasteiger partial charge >= 0.3 is 0 Å². The number of unbranched alkanes of at least 4 members (excludes halogenated alkanes) is 1. The van der Waals surface area contributed by atoms with Crippen LogP contribution in [0.2, 0.25) is 0 Å². The molecule has 0 amide bonds. The number of hydrogen-bond acceptors (Lipinski definition) is 4. The summed E-state index contributed by atoms with van der Waals surface area (Å²) in [5, 5.41) is 8.07. The Morgan fingerprint density at radius 3 is 2.73 bits per heavy atom. The van der Waals surface area contributed by atoms with Gasteiger partial charge in [0.05, 0.1) is 23.5 Å². The second-order valence-corrected chi connectivity index (χ2v) is 19.4. The summed E-state index contributed by atoms with van der Waals surface area (Å²) in [4.78, 5) is 11.2. The number of aryl methyl sites for hydroxylation is 2. The van der Waals surface area contributed by atoms with E-state index in [1.54, 1.807) is 0 Å². The van der Waals surface area contributed by atoms with E-state index in [0.717, 1.165) is 82.7 Å². The van der Waals surface area contributed by atoms with Crippen molar-refractivity contribution < 1.29 is 0 Å². The van der Waals surface area contributed by atoms with Crippen molar-refractivity contribution in [2.24, 2.45) is 21.8 Å². The molecular weight excluding hydrogens is 801 g/mol. The van der Waals surface area contributed by atoms with Crippen LogP contribution in [0.3, 0.4) is 0 Å². The maximum Gasteiger partial charge on any atom is 0.0899 e. The van der Waals surface area contributed by atoms with Crippen LogP contribution >= 0.6 is 0 Å². The standard InChI is InChI=1S/C62H72N4/c1-4-6-10-22-46-35-40-59(63-42-41-47(46)32-31-45-20-11-9-12-21-45)60-30-18-29-56(64-60)51-25-17-26-52(43-51)57-38-36-49-33-34-50-37-39-58(66-62(50)61(49)65-57)55-28-16-15-27-54(55)44(3)53(19-5-2)48-23-13-7-8-14-24-48/h5,7-8,10,13-15,17,19-20,22-23,25,27,31-35,40,43-44,52,56-57,59,63,65H,2,4,6,9,11-12,16,18,21,26,28-30,36-39,41-42H2,1,3H3/b22-10-,32-31-,40-35+,47-46-,53-19+/t44-,52?,56?,57?,59?/m0/s1. The Bertz CT molecular complexity index is 2530. The zero-order valence-electron chi connectivity index (χ0n) is 39.8. The maximum atomic E-state index is 5.64. The summed E-state index contributed by atoms with van der Waals surface area (Å²) < 4.78 is 0. The molecule has 4 heterocycles. The van der Waals surface area contributed by atoms with Crippen molar-refractivity contribution in [3.05, 3.63) is 196 Å². The smallest absolute Gasteiger partial charge is 0.0899 e. The Kier molecular flexibility index (Phi) is 15.4. The van der Waals surface area contributed by atoms with E-state index >= 15 is 0 Å². The SMILES string of the molecule is C=C/C=C(/C1=C=CC=CC=C1)[C@H](C)C1=C(C2=Nc3c(ccc4c3NC(C3C=C(C5CCCC(C6/C=C/C(/C=C\CCC)=C(/C=C\C7=CCCCC7)CCN6)=N5)C=CC3)CC4)CC2)CCC=C1. The lowest BCUT2D eigenvalue weighted by atomic mass is 9.79. The average Bonchev–Trinajstić information content (AvgIpc) is 3.66. The van der Waals surface area contributed by atoms with Gasteiger partial charge in [0.25, 0.3) is 0 Å². The summed E-state index contributed by atoms with van der Waals surface area (Å²) in [6, 6.07) is 5.48. The van der Waals surface area contributed by atoms with Crippen LogP contribution in [0.1, 0.15) is 121 Å². The van der Waals surface area contributed by atoms with Gasteiger partial charge in [-0.15, -0.1) is 5.73 Å². The highest BCUT2D eigenvalue weighted by Gasteiger charge is 2.32. The summed E-state index contributed by atoms with van der Waals surface area (Å²) in [6.45, 7) is 9.63. The molecule has 0 radical (unpaired) electrons. The van der Waals surface area contributed by atoms with Gasteiger partial charge in [0.15, 0.2) is 0 Å². The molecule has 0 bridgehead atoms. The van der Waals surface area contributed by atoms with Crippen molar-refractivity contribution in [1.82, 2.24) is 5.32 Å². The summed E-state index contributed by atoms with van der Waals surface area (Å²) in [7, 11) is 0. The Morgan fingerprint density at radius 2 is 1.83 bits per heavy atom. The zero-order chi connectivity index (χ0) is 45.1. The maximum absolute atomic E-state index is 5.64. The molecule has 5 atom stereocenters. The van der Waals surface area contributed by atoms with Gasteiger partial charge in [0.1, 0.15) is 0 Å². The molecule has 4 aliphatic heterocycles. The lowest BCUT2D eigenvalue weighted by molar-refractivity contribution is 0.484. The van der Waals surface area contributed by atoms with Gasteiger partial charge in [-0.3, -0.25) is 9.98 Å². The first kappa shape index (κ1) is 45.6. The molecular formula is C62H72N4. The first-order valence-corrected chi connectivity index (χ1v) is 25.7. The topological polar surface area (TPSA) is 48.8 Å². The van der Waals surface area contributed by atoms with Crippen LogP contribution in [-0.4, -0.2) is 36.1 Å². The molecule has 1 aromatic rings. The van der Waals surface area contributed by atoms with Crippen LogP contribution in [0.5, 0.6) is 0 Å². The number of aliphatic imine (C=N–C) groups is 2. The lowest BCUT2D eigenvalue weighted by Crippen LogP contribution is -2.39. The fourth-order valence-electron chi connectivity index (χ4n) is 11.3. The number of nitrogens with one attached hydrogen (secondary N) is 2. The van der Waals surface area contributed by atoms with Crippen molar-refractivity contribution in [1.29, 1.82) is 0 Å². The highest BCUT2D eigenvalue weighted by atomic mass is 15.0. The Morgan fingerprint density at radius 1 is 0.894 bits per heavy atom.